The van der Waals surface area contributed by atoms with Crippen molar-refractivity contribution in [1.29, 1.82) is 5.26 Å². The summed E-state index contributed by atoms with van der Waals surface area (Å²) in [6.07, 6.45) is 3.90. The molecule has 0 saturated carbocycles. The number of hydrogen-bond donors (Lipinski definition) is 1. The number of carbonyl (C=O) groups is 1. The van der Waals surface area contributed by atoms with E-state index in [9.17, 15) is 4.79 Å². The lowest BCUT2D eigenvalue weighted by atomic mass is 10.3. The van der Waals surface area contributed by atoms with Gasteiger partial charge in [-0.3, -0.25) is 9.69 Å². The first-order valence-electron chi connectivity index (χ1n) is 6.11. The number of nitrogens with zero attached hydrogens (tertiary/aromatic N) is 5. The fourth-order valence-electron chi connectivity index (χ4n) is 2.17. The summed E-state index contributed by atoms with van der Waals surface area (Å²) in [5.41, 5.74) is 0.314. The van der Waals surface area contributed by atoms with Gasteiger partial charge in [-0.05, 0) is 6.42 Å². The van der Waals surface area contributed by atoms with E-state index in [0.29, 0.717) is 24.6 Å². The molecule has 0 bridgehead atoms. The Bertz CT molecular complexity index is 499. The van der Waals surface area contributed by atoms with Crippen LogP contribution in [0.3, 0.4) is 0 Å². The number of aromatic nitrogens is 2. The third kappa shape index (κ3) is 3.39. The third-order valence-corrected chi connectivity index (χ3v) is 3.03. The van der Waals surface area contributed by atoms with Crippen molar-refractivity contribution in [2.24, 2.45) is 0 Å². The number of anilines is 1. The minimum Gasteiger partial charge on any atom is -0.480 e. The van der Waals surface area contributed by atoms with Gasteiger partial charge in [0.15, 0.2) is 11.5 Å². The molecule has 1 aromatic heterocycles. The Balaban J connectivity index is 2.07. The first kappa shape index (κ1) is 13.2. The lowest BCUT2D eigenvalue weighted by molar-refractivity contribution is -0.138. The van der Waals surface area contributed by atoms with Gasteiger partial charge in [0.25, 0.3) is 0 Å². The Morgan fingerprint density at radius 2 is 2.11 bits per heavy atom. The maximum atomic E-state index is 10.7. The predicted molar refractivity (Wildman–Crippen MR) is 67.7 cm³/mol. The van der Waals surface area contributed by atoms with E-state index in [-0.39, 0.29) is 6.54 Å². The molecule has 0 radical (unpaired) electrons. The van der Waals surface area contributed by atoms with Gasteiger partial charge in [-0.2, -0.15) is 5.26 Å². The summed E-state index contributed by atoms with van der Waals surface area (Å²) in [6.45, 7) is 2.85. The molecule has 7 heteroatoms. The van der Waals surface area contributed by atoms with E-state index in [1.54, 1.807) is 6.20 Å². The van der Waals surface area contributed by atoms with Crippen LogP contribution in [0.15, 0.2) is 12.4 Å². The van der Waals surface area contributed by atoms with E-state index in [0.717, 1.165) is 19.5 Å². The zero-order chi connectivity index (χ0) is 13.7. The molecular formula is C12H15N5O2. The summed E-state index contributed by atoms with van der Waals surface area (Å²) >= 11 is 0. The fraction of sp³-hybridized carbons (Fsp3) is 0.500. The molecule has 0 atom stereocenters. The molecule has 0 aromatic carbocycles. The normalized spacial score (nSPS) is 16.7. The first-order valence-corrected chi connectivity index (χ1v) is 6.11. The fourth-order valence-corrected chi connectivity index (χ4v) is 2.17. The zero-order valence-corrected chi connectivity index (χ0v) is 10.5. The highest BCUT2D eigenvalue weighted by molar-refractivity contribution is 5.69. The number of aliphatic carboxylic acids is 1. The van der Waals surface area contributed by atoms with Crippen molar-refractivity contribution in [3.8, 4) is 6.07 Å². The molecule has 100 valence electrons. The van der Waals surface area contributed by atoms with Crippen LogP contribution >= 0.6 is 0 Å². The van der Waals surface area contributed by atoms with Crippen LogP contribution in [0.2, 0.25) is 0 Å². The Morgan fingerprint density at radius 1 is 1.32 bits per heavy atom. The van der Waals surface area contributed by atoms with Crippen molar-refractivity contribution in [3.05, 3.63) is 18.1 Å². The molecule has 0 aliphatic carbocycles. The van der Waals surface area contributed by atoms with Gasteiger partial charge in [0.05, 0.1) is 6.54 Å². The summed E-state index contributed by atoms with van der Waals surface area (Å²) in [4.78, 5) is 22.8. The highest BCUT2D eigenvalue weighted by Crippen LogP contribution is 2.16. The molecule has 7 nitrogen and oxygen atoms in total. The zero-order valence-electron chi connectivity index (χ0n) is 10.5. The Labute approximate surface area is 111 Å². The number of carboxylic acid groups (broad SMARTS) is 1. The van der Waals surface area contributed by atoms with E-state index in [1.807, 2.05) is 15.9 Å². The topological polar surface area (TPSA) is 93.4 Å². The maximum Gasteiger partial charge on any atom is 0.317 e. The number of carboxylic acids is 1. The van der Waals surface area contributed by atoms with Gasteiger partial charge >= 0.3 is 5.97 Å². The molecule has 0 amide bonds. The molecule has 1 aliphatic rings. The highest BCUT2D eigenvalue weighted by Gasteiger charge is 2.19. The monoisotopic (exact) mass is 261 g/mol. The second kappa shape index (κ2) is 6.11. The van der Waals surface area contributed by atoms with Crippen LogP contribution in [0.1, 0.15) is 12.1 Å². The van der Waals surface area contributed by atoms with Crippen LogP contribution in [0.25, 0.3) is 0 Å². The van der Waals surface area contributed by atoms with Crippen molar-refractivity contribution in [3.63, 3.8) is 0 Å². The van der Waals surface area contributed by atoms with Crippen LogP contribution in [-0.2, 0) is 4.79 Å². The molecular weight excluding hydrogens is 246 g/mol. The molecule has 19 heavy (non-hydrogen) atoms. The number of nitriles is 1. The smallest absolute Gasteiger partial charge is 0.317 e. The van der Waals surface area contributed by atoms with Crippen molar-refractivity contribution < 1.29 is 9.90 Å². The summed E-state index contributed by atoms with van der Waals surface area (Å²) in [5, 5.41) is 17.8. The minimum atomic E-state index is -0.814. The van der Waals surface area contributed by atoms with E-state index in [4.69, 9.17) is 10.4 Å². The van der Waals surface area contributed by atoms with Gasteiger partial charge in [0.2, 0.25) is 0 Å². The lowest BCUT2D eigenvalue weighted by Crippen LogP contribution is -2.34. The van der Waals surface area contributed by atoms with Crippen molar-refractivity contribution >= 4 is 11.8 Å². The van der Waals surface area contributed by atoms with E-state index >= 15 is 0 Å². The predicted octanol–water partition coefficient (Wildman–Crippen LogP) is -0.0550. The third-order valence-electron chi connectivity index (χ3n) is 3.03. The molecule has 2 rings (SSSR count). The Kier molecular flexibility index (Phi) is 4.26. The molecule has 1 aromatic rings. The van der Waals surface area contributed by atoms with Crippen molar-refractivity contribution in [2.45, 2.75) is 6.42 Å². The molecule has 2 heterocycles. The molecule has 0 unspecified atom stereocenters. The van der Waals surface area contributed by atoms with E-state index in [2.05, 4.69) is 9.97 Å². The van der Waals surface area contributed by atoms with E-state index < -0.39 is 5.97 Å². The first-order chi connectivity index (χ1) is 9.20. The SMILES string of the molecule is N#Cc1nccnc1N1CCCN(CC(=O)O)CC1. The summed E-state index contributed by atoms with van der Waals surface area (Å²) in [7, 11) is 0. The summed E-state index contributed by atoms with van der Waals surface area (Å²) in [6, 6.07) is 2.03. The second-order valence-corrected chi connectivity index (χ2v) is 4.35. The van der Waals surface area contributed by atoms with Crippen LogP contribution < -0.4 is 4.90 Å². The largest absolute Gasteiger partial charge is 0.480 e. The molecule has 1 aliphatic heterocycles. The van der Waals surface area contributed by atoms with Crippen molar-refractivity contribution in [2.75, 3.05) is 37.6 Å². The lowest BCUT2D eigenvalue weighted by Gasteiger charge is -2.22. The van der Waals surface area contributed by atoms with Crippen LogP contribution in [0, 0.1) is 11.3 Å². The quantitative estimate of drug-likeness (QED) is 0.814. The standard InChI is InChI=1S/C12H15N5O2/c13-8-10-12(15-3-2-14-10)17-5-1-4-16(6-7-17)9-11(18)19/h2-3H,1,4-7,9H2,(H,18,19). The molecule has 1 fully saturated rings. The van der Waals surface area contributed by atoms with Gasteiger partial charge < -0.3 is 10.0 Å². The van der Waals surface area contributed by atoms with Crippen LogP contribution in [0.5, 0.6) is 0 Å². The van der Waals surface area contributed by atoms with Crippen LogP contribution in [-0.4, -0.2) is 58.7 Å². The average molecular weight is 261 g/mol. The molecule has 0 spiro atoms. The molecule has 1 N–H and O–H groups in total. The Morgan fingerprint density at radius 3 is 2.84 bits per heavy atom. The highest BCUT2D eigenvalue weighted by atomic mass is 16.4. The van der Waals surface area contributed by atoms with E-state index in [1.165, 1.54) is 6.20 Å². The van der Waals surface area contributed by atoms with Gasteiger partial charge in [-0.15, -0.1) is 0 Å². The summed E-state index contributed by atoms with van der Waals surface area (Å²) in [5.74, 6) is -0.229. The molecule has 1 saturated heterocycles. The van der Waals surface area contributed by atoms with Crippen LogP contribution in [0.4, 0.5) is 5.82 Å². The second-order valence-electron chi connectivity index (χ2n) is 4.35. The minimum absolute atomic E-state index is 0.0550. The average Bonchev–Trinajstić information content (AvgIpc) is 2.63. The van der Waals surface area contributed by atoms with Gasteiger partial charge in [-0.1, -0.05) is 0 Å². The van der Waals surface area contributed by atoms with Gasteiger partial charge in [0.1, 0.15) is 6.07 Å². The van der Waals surface area contributed by atoms with Crippen molar-refractivity contribution in [1.82, 2.24) is 14.9 Å². The Hall–Kier alpha value is -2.20. The maximum absolute atomic E-state index is 10.7. The number of rotatable bonds is 3. The van der Waals surface area contributed by atoms with Gasteiger partial charge in [0, 0.05) is 38.6 Å². The summed E-state index contributed by atoms with van der Waals surface area (Å²) < 4.78 is 0. The van der Waals surface area contributed by atoms with Gasteiger partial charge in [-0.25, -0.2) is 9.97 Å². The number of hydrogen-bond acceptors (Lipinski definition) is 6.